The van der Waals surface area contributed by atoms with Crippen LogP contribution in [0.25, 0.3) is 0 Å². The second kappa shape index (κ2) is 6.56. The first kappa shape index (κ1) is 16.9. The van der Waals surface area contributed by atoms with E-state index in [1.807, 2.05) is 6.92 Å². The molecule has 1 N–H and O–H groups in total. The Balaban J connectivity index is 2.88. The maximum absolute atomic E-state index is 12.2. The maximum Gasteiger partial charge on any atom is 0.331 e. The number of nitrogens with one attached hydrogen (secondary N) is 1. The number of rotatable bonds is 5. The SMILES string of the molecule is CCCC(C)(NC(=O)C1CCCCS1(=O)=O)C(=O)OC. The number of methoxy groups -OCH3 is 1. The molecule has 0 aromatic heterocycles. The van der Waals surface area contributed by atoms with Gasteiger partial charge < -0.3 is 10.1 Å². The van der Waals surface area contributed by atoms with Crippen LogP contribution in [0.1, 0.15) is 46.0 Å². The van der Waals surface area contributed by atoms with Crippen molar-refractivity contribution in [2.75, 3.05) is 12.9 Å². The van der Waals surface area contributed by atoms with Crippen molar-refractivity contribution < 1.29 is 22.7 Å². The predicted octanol–water partition coefficient (Wildman–Crippen LogP) is 0.802. The number of hydrogen-bond donors (Lipinski definition) is 1. The van der Waals surface area contributed by atoms with Crippen LogP contribution in [0, 0.1) is 0 Å². The molecular formula is C13H23NO5S. The Hall–Kier alpha value is -1.11. The van der Waals surface area contributed by atoms with Gasteiger partial charge in [-0.3, -0.25) is 4.79 Å². The highest BCUT2D eigenvalue weighted by molar-refractivity contribution is 7.92. The van der Waals surface area contributed by atoms with Crippen molar-refractivity contribution in [2.24, 2.45) is 0 Å². The van der Waals surface area contributed by atoms with Gasteiger partial charge in [-0.05, 0) is 26.2 Å². The number of amides is 1. The number of ether oxygens (including phenoxy) is 1. The molecule has 20 heavy (non-hydrogen) atoms. The molecule has 1 fully saturated rings. The van der Waals surface area contributed by atoms with Gasteiger partial charge in [0, 0.05) is 0 Å². The second-order valence-corrected chi connectivity index (χ2v) is 7.72. The molecule has 0 spiro atoms. The second-order valence-electron chi connectivity index (χ2n) is 5.41. The fourth-order valence-corrected chi connectivity index (χ4v) is 4.34. The Labute approximate surface area is 120 Å². The van der Waals surface area contributed by atoms with Crippen molar-refractivity contribution in [3.05, 3.63) is 0 Å². The Kier molecular flexibility index (Phi) is 5.56. The average molecular weight is 305 g/mol. The van der Waals surface area contributed by atoms with E-state index < -0.39 is 32.5 Å². The Morgan fingerprint density at radius 1 is 1.35 bits per heavy atom. The normalized spacial score (nSPS) is 24.4. The molecule has 1 aliphatic rings. The van der Waals surface area contributed by atoms with Gasteiger partial charge in [-0.15, -0.1) is 0 Å². The van der Waals surface area contributed by atoms with Gasteiger partial charge in [0.1, 0.15) is 10.8 Å². The third-order valence-corrected chi connectivity index (χ3v) is 5.83. The molecule has 0 saturated carbocycles. The van der Waals surface area contributed by atoms with Gasteiger partial charge in [0.25, 0.3) is 0 Å². The summed E-state index contributed by atoms with van der Waals surface area (Å²) in [5, 5.41) is 1.53. The van der Waals surface area contributed by atoms with Crippen LogP contribution >= 0.6 is 0 Å². The minimum absolute atomic E-state index is 0.0355. The molecule has 7 heteroatoms. The summed E-state index contributed by atoms with van der Waals surface area (Å²) in [5.74, 6) is -1.11. The molecule has 0 bridgehead atoms. The largest absolute Gasteiger partial charge is 0.467 e. The molecule has 0 aromatic carbocycles. The minimum atomic E-state index is -3.41. The molecule has 1 heterocycles. The Bertz CT molecular complexity index is 473. The fourth-order valence-electron chi connectivity index (χ4n) is 2.54. The fraction of sp³-hybridized carbons (Fsp3) is 0.846. The minimum Gasteiger partial charge on any atom is -0.467 e. The quantitative estimate of drug-likeness (QED) is 0.759. The highest BCUT2D eigenvalue weighted by atomic mass is 32.2. The maximum atomic E-state index is 12.2. The Morgan fingerprint density at radius 3 is 2.50 bits per heavy atom. The number of esters is 1. The molecule has 2 unspecified atom stereocenters. The third-order valence-electron chi connectivity index (χ3n) is 3.66. The van der Waals surface area contributed by atoms with Crippen molar-refractivity contribution in [2.45, 2.75) is 56.7 Å². The van der Waals surface area contributed by atoms with Crippen molar-refractivity contribution >= 4 is 21.7 Å². The van der Waals surface area contributed by atoms with Crippen LogP contribution in [0.15, 0.2) is 0 Å². The highest BCUT2D eigenvalue weighted by Gasteiger charge is 2.41. The van der Waals surface area contributed by atoms with Crippen LogP contribution < -0.4 is 5.32 Å². The monoisotopic (exact) mass is 305 g/mol. The van der Waals surface area contributed by atoms with E-state index in [-0.39, 0.29) is 5.75 Å². The smallest absolute Gasteiger partial charge is 0.331 e. The molecule has 1 rings (SSSR count). The van der Waals surface area contributed by atoms with Gasteiger partial charge in [-0.1, -0.05) is 19.8 Å². The lowest BCUT2D eigenvalue weighted by molar-refractivity contribution is -0.150. The van der Waals surface area contributed by atoms with Gasteiger partial charge >= 0.3 is 5.97 Å². The summed E-state index contributed by atoms with van der Waals surface area (Å²) in [7, 11) is -2.16. The molecule has 6 nitrogen and oxygen atoms in total. The molecular weight excluding hydrogens is 282 g/mol. The van der Waals surface area contributed by atoms with Gasteiger partial charge in [0.15, 0.2) is 9.84 Å². The molecule has 0 aromatic rings. The first-order valence-corrected chi connectivity index (χ1v) is 8.60. The van der Waals surface area contributed by atoms with Crippen molar-refractivity contribution in [3.8, 4) is 0 Å². The van der Waals surface area contributed by atoms with E-state index in [4.69, 9.17) is 4.74 Å². The van der Waals surface area contributed by atoms with Crippen LogP contribution in [0.2, 0.25) is 0 Å². The summed E-state index contributed by atoms with van der Waals surface area (Å²) < 4.78 is 28.6. The average Bonchev–Trinajstić information content (AvgIpc) is 2.37. The first-order valence-electron chi connectivity index (χ1n) is 6.89. The van der Waals surface area contributed by atoms with Crippen LogP contribution in [0.3, 0.4) is 0 Å². The lowest BCUT2D eigenvalue weighted by Crippen LogP contribution is -2.57. The van der Waals surface area contributed by atoms with E-state index in [2.05, 4.69) is 5.32 Å². The van der Waals surface area contributed by atoms with Crippen LogP contribution in [-0.4, -0.2) is 43.9 Å². The summed E-state index contributed by atoms with van der Waals surface area (Å²) in [6.45, 7) is 3.44. The number of carbonyl (C=O) groups excluding carboxylic acids is 2. The molecule has 1 amide bonds. The van der Waals surface area contributed by atoms with E-state index in [1.54, 1.807) is 6.92 Å². The summed E-state index contributed by atoms with van der Waals surface area (Å²) in [6.07, 6.45) is 2.69. The van der Waals surface area contributed by atoms with E-state index in [0.717, 1.165) is 0 Å². The summed E-state index contributed by atoms with van der Waals surface area (Å²) >= 11 is 0. The standard InChI is InChI=1S/C13H23NO5S/c1-4-8-13(2,12(16)19-3)14-11(15)10-7-5-6-9-20(10,17)18/h10H,4-9H2,1-3H3,(H,14,15). The zero-order valence-corrected chi connectivity index (χ0v) is 13.1. The summed E-state index contributed by atoms with van der Waals surface area (Å²) in [6, 6.07) is 0. The Morgan fingerprint density at radius 2 is 2.00 bits per heavy atom. The first-order chi connectivity index (χ1) is 9.27. The van der Waals surface area contributed by atoms with Gasteiger partial charge in [0.2, 0.25) is 5.91 Å². The summed E-state index contributed by atoms with van der Waals surface area (Å²) in [5.41, 5.74) is -1.17. The number of sulfone groups is 1. The van der Waals surface area contributed by atoms with Crippen molar-refractivity contribution in [1.82, 2.24) is 5.32 Å². The third kappa shape index (κ3) is 3.71. The lowest BCUT2D eigenvalue weighted by Gasteiger charge is -2.30. The molecule has 116 valence electrons. The predicted molar refractivity (Wildman–Crippen MR) is 74.9 cm³/mol. The highest BCUT2D eigenvalue weighted by Crippen LogP contribution is 2.22. The molecule has 1 aliphatic heterocycles. The topological polar surface area (TPSA) is 89.5 Å². The van der Waals surface area contributed by atoms with E-state index >= 15 is 0 Å². The zero-order valence-electron chi connectivity index (χ0n) is 12.3. The van der Waals surface area contributed by atoms with Gasteiger partial charge in [-0.2, -0.15) is 0 Å². The lowest BCUT2D eigenvalue weighted by atomic mass is 9.95. The van der Waals surface area contributed by atoms with Crippen LogP contribution in [0.5, 0.6) is 0 Å². The molecule has 0 radical (unpaired) electrons. The van der Waals surface area contributed by atoms with E-state index in [0.29, 0.717) is 32.1 Å². The zero-order chi connectivity index (χ0) is 15.4. The molecule has 1 saturated heterocycles. The van der Waals surface area contributed by atoms with Crippen molar-refractivity contribution in [3.63, 3.8) is 0 Å². The van der Waals surface area contributed by atoms with Gasteiger partial charge in [0.05, 0.1) is 12.9 Å². The summed E-state index contributed by atoms with van der Waals surface area (Å²) in [4.78, 5) is 24.0. The molecule has 2 atom stereocenters. The number of carbonyl (C=O) groups is 2. The van der Waals surface area contributed by atoms with Crippen molar-refractivity contribution in [1.29, 1.82) is 0 Å². The van der Waals surface area contributed by atoms with Gasteiger partial charge in [-0.25, -0.2) is 13.2 Å². The van der Waals surface area contributed by atoms with E-state index in [1.165, 1.54) is 7.11 Å². The number of hydrogen-bond acceptors (Lipinski definition) is 5. The molecule has 0 aliphatic carbocycles. The van der Waals surface area contributed by atoms with Crippen LogP contribution in [0.4, 0.5) is 0 Å². The van der Waals surface area contributed by atoms with E-state index in [9.17, 15) is 18.0 Å². The van der Waals surface area contributed by atoms with Crippen LogP contribution in [-0.2, 0) is 24.2 Å².